The lowest BCUT2D eigenvalue weighted by Gasteiger charge is -2.13. The molecule has 0 aliphatic rings. The molecule has 1 amide bonds. The zero-order valence-corrected chi connectivity index (χ0v) is 14.1. The molecule has 0 atom stereocenters. The number of benzene rings is 2. The summed E-state index contributed by atoms with van der Waals surface area (Å²) in [7, 11) is 0. The van der Waals surface area contributed by atoms with Crippen LogP contribution in [0.5, 0.6) is 0 Å². The molecule has 2 aromatic carbocycles. The van der Waals surface area contributed by atoms with Gasteiger partial charge in [-0.1, -0.05) is 35.4 Å². The fourth-order valence-corrected chi connectivity index (χ4v) is 2.80. The number of carbonyl (C=O) groups excluding carboxylic acids is 1. The maximum atomic E-state index is 12.7. The van der Waals surface area contributed by atoms with Gasteiger partial charge in [0.15, 0.2) is 0 Å². The topological polar surface area (TPSA) is 51.1 Å². The van der Waals surface area contributed by atoms with E-state index in [9.17, 15) is 9.59 Å². The van der Waals surface area contributed by atoms with Gasteiger partial charge in [0.1, 0.15) is 5.69 Å². The lowest BCUT2D eigenvalue weighted by molar-refractivity contribution is 0.101. The molecule has 3 aromatic rings. The lowest BCUT2D eigenvalue weighted by atomic mass is 10.1. The van der Waals surface area contributed by atoms with E-state index in [0.29, 0.717) is 23.3 Å². The van der Waals surface area contributed by atoms with Gasteiger partial charge < -0.3 is 9.88 Å². The molecule has 0 unspecified atom stereocenters. The Morgan fingerprint density at radius 1 is 1.00 bits per heavy atom. The molecular weight excluding hydrogens is 300 g/mol. The average molecular weight is 320 g/mol. The van der Waals surface area contributed by atoms with Crippen LogP contribution in [-0.2, 0) is 6.54 Å². The first-order chi connectivity index (χ1) is 11.5. The number of pyridine rings is 1. The van der Waals surface area contributed by atoms with E-state index in [4.69, 9.17) is 0 Å². The summed E-state index contributed by atoms with van der Waals surface area (Å²) in [5.41, 5.74) is 3.11. The van der Waals surface area contributed by atoms with Crippen molar-refractivity contribution in [2.24, 2.45) is 0 Å². The number of fused-ring (bicyclic) bond motifs is 1. The molecule has 4 heteroatoms. The predicted molar refractivity (Wildman–Crippen MR) is 97.8 cm³/mol. The van der Waals surface area contributed by atoms with Crippen LogP contribution >= 0.6 is 0 Å². The van der Waals surface area contributed by atoms with Crippen LogP contribution in [0.15, 0.2) is 53.3 Å². The average Bonchev–Trinajstić information content (AvgIpc) is 2.57. The summed E-state index contributed by atoms with van der Waals surface area (Å²) in [5, 5.41) is 4.29. The molecule has 0 aliphatic heterocycles. The molecule has 0 saturated carbocycles. The molecular formula is C20H20N2O2. The van der Waals surface area contributed by atoms with E-state index in [1.54, 1.807) is 6.07 Å². The summed E-state index contributed by atoms with van der Waals surface area (Å²) >= 11 is 0. The van der Waals surface area contributed by atoms with E-state index in [-0.39, 0.29) is 11.5 Å². The molecule has 1 N–H and O–H groups in total. The monoisotopic (exact) mass is 320 g/mol. The number of carbonyl (C=O) groups is 1. The van der Waals surface area contributed by atoms with Crippen LogP contribution in [0.4, 0.5) is 5.69 Å². The summed E-state index contributed by atoms with van der Waals surface area (Å²) in [5.74, 6) is -0.278. The second-order valence-corrected chi connectivity index (χ2v) is 5.99. The highest BCUT2D eigenvalue weighted by Gasteiger charge is 2.15. The number of aromatic nitrogens is 1. The minimum atomic E-state index is -0.278. The fraction of sp³-hybridized carbons (Fsp3) is 0.200. The third-order valence-corrected chi connectivity index (χ3v) is 4.13. The fourth-order valence-electron chi connectivity index (χ4n) is 2.80. The molecule has 0 radical (unpaired) electrons. The van der Waals surface area contributed by atoms with Crippen LogP contribution in [0.1, 0.15) is 28.5 Å². The molecule has 0 bridgehead atoms. The van der Waals surface area contributed by atoms with Gasteiger partial charge in [0.25, 0.3) is 11.5 Å². The molecule has 0 aliphatic carbocycles. The van der Waals surface area contributed by atoms with Gasteiger partial charge in [0.05, 0.1) is 0 Å². The number of hydrogen-bond donors (Lipinski definition) is 1. The zero-order valence-electron chi connectivity index (χ0n) is 14.1. The predicted octanol–water partition coefficient (Wildman–Crippen LogP) is 3.89. The van der Waals surface area contributed by atoms with Gasteiger partial charge in [0, 0.05) is 17.6 Å². The van der Waals surface area contributed by atoms with E-state index in [2.05, 4.69) is 5.32 Å². The van der Waals surface area contributed by atoms with Crippen molar-refractivity contribution in [3.63, 3.8) is 0 Å². The van der Waals surface area contributed by atoms with Gasteiger partial charge in [-0.3, -0.25) is 9.59 Å². The Labute approximate surface area is 140 Å². The van der Waals surface area contributed by atoms with Crippen LogP contribution in [0.2, 0.25) is 0 Å². The second kappa shape index (κ2) is 6.32. The second-order valence-electron chi connectivity index (χ2n) is 5.99. The highest BCUT2D eigenvalue weighted by molar-refractivity contribution is 6.05. The molecule has 24 heavy (non-hydrogen) atoms. The first-order valence-electron chi connectivity index (χ1n) is 8.02. The standard InChI is InChI=1S/C20H20N2O2/c1-4-22-18(19(23)21-16-9-6-13(2)7-10-16)12-15-8-5-14(3)11-17(15)20(22)24/h5-12H,4H2,1-3H3,(H,21,23). The van der Waals surface area contributed by atoms with Crippen LogP contribution in [0, 0.1) is 13.8 Å². The Morgan fingerprint density at radius 3 is 2.33 bits per heavy atom. The Morgan fingerprint density at radius 2 is 1.67 bits per heavy atom. The number of nitrogens with one attached hydrogen (secondary N) is 1. The minimum absolute atomic E-state index is 0.132. The molecule has 1 heterocycles. The normalized spacial score (nSPS) is 10.8. The number of nitrogens with zero attached hydrogens (tertiary/aromatic N) is 1. The van der Waals surface area contributed by atoms with E-state index in [1.165, 1.54) is 4.57 Å². The highest BCUT2D eigenvalue weighted by Crippen LogP contribution is 2.16. The van der Waals surface area contributed by atoms with Gasteiger partial charge in [-0.05, 0) is 50.4 Å². The van der Waals surface area contributed by atoms with Crippen molar-refractivity contribution in [2.75, 3.05) is 5.32 Å². The van der Waals surface area contributed by atoms with Crippen molar-refractivity contribution in [1.82, 2.24) is 4.57 Å². The molecule has 0 spiro atoms. The Kier molecular flexibility index (Phi) is 4.21. The maximum absolute atomic E-state index is 12.7. The Balaban J connectivity index is 2.07. The molecule has 1 aromatic heterocycles. The van der Waals surface area contributed by atoms with Gasteiger partial charge in [-0.2, -0.15) is 0 Å². The summed E-state index contributed by atoms with van der Waals surface area (Å²) in [6, 6.07) is 15.1. The minimum Gasteiger partial charge on any atom is -0.321 e. The van der Waals surface area contributed by atoms with Crippen molar-refractivity contribution in [1.29, 1.82) is 0 Å². The van der Waals surface area contributed by atoms with E-state index >= 15 is 0 Å². The summed E-state index contributed by atoms with van der Waals surface area (Å²) in [6.45, 7) is 6.25. The maximum Gasteiger partial charge on any atom is 0.272 e. The van der Waals surface area contributed by atoms with E-state index < -0.39 is 0 Å². The smallest absolute Gasteiger partial charge is 0.272 e. The number of hydrogen-bond acceptors (Lipinski definition) is 2. The van der Waals surface area contributed by atoms with Crippen molar-refractivity contribution in [2.45, 2.75) is 27.3 Å². The van der Waals surface area contributed by atoms with E-state index in [1.807, 2.05) is 63.2 Å². The van der Waals surface area contributed by atoms with Crippen molar-refractivity contribution in [3.8, 4) is 0 Å². The van der Waals surface area contributed by atoms with Crippen LogP contribution in [0.25, 0.3) is 10.8 Å². The summed E-state index contributed by atoms with van der Waals surface area (Å²) in [4.78, 5) is 25.4. The van der Waals surface area contributed by atoms with Gasteiger partial charge in [-0.25, -0.2) is 0 Å². The SMILES string of the molecule is CCn1c(C(=O)Nc2ccc(C)cc2)cc2ccc(C)cc2c1=O. The molecule has 0 fully saturated rings. The highest BCUT2D eigenvalue weighted by atomic mass is 16.2. The molecule has 4 nitrogen and oxygen atoms in total. The first kappa shape index (κ1) is 16.0. The zero-order chi connectivity index (χ0) is 17.3. The molecule has 3 rings (SSSR count). The van der Waals surface area contributed by atoms with Crippen molar-refractivity contribution >= 4 is 22.4 Å². The Hall–Kier alpha value is -2.88. The summed E-state index contributed by atoms with van der Waals surface area (Å²) in [6.07, 6.45) is 0. The quantitative estimate of drug-likeness (QED) is 0.796. The number of amides is 1. The largest absolute Gasteiger partial charge is 0.321 e. The third-order valence-electron chi connectivity index (χ3n) is 4.13. The van der Waals surface area contributed by atoms with Crippen LogP contribution < -0.4 is 10.9 Å². The van der Waals surface area contributed by atoms with Crippen molar-refractivity contribution < 1.29 is 4.79 Å². The van der Waals surface area contributed by atoms with Gasteiger partial charge in [0.2, 0.25) is 0 Å². The first-order valence-corrected chi connectivity index (χ1v) is 8.02. The number of aryl methyl sites for hydroxylation is 2. The molecule has 0 saturated heterocycles. The van der Waals surface area contributed by atoms with Crippen LogP contribution in [0.3, 0.4) is 0 Å². The van der Waals surface area contributed by atoms with Gasteiger partial charge >= 0.3 is 0 Å². The third kappa shape index (κ3) is 2.95. The van der Waals surface area contributed by atoms with E-state index in [0.717, 1.165) is 16.5 Å². The van der Waals surface area contributed by atoms with Crippen LogP contribution in [-0.4, -0.2) is 10.5 Å². The summed E-state index contributed by atoms with van der Waals surface area (Å²) < 4.78 is 1.52. The van der Waals surface area contributed by atoms with Gasteiger partial charge in [-0.15, -0.1) is 0 Å². The Bertz CT molecular complexity index is 969. The molecule has 122 valence electrons. The lowest BCUT2D eigenvalue weighted by Crippen LogP contribution is -2.28. The number of anilines is 1. The number of rotatable bonds is 3. The van der Waals surface area contributed by atoms with Crippen molar-refractivity contribution in [3.05, 3.63) is 75.7 Å².